The monoisotopic (exact) mass is 2230 g/mol. The molecule has 8 aliphatic heterocycles. The molecule has 0 bridgehead atoms. The van der Waals surface area contributed by atoms with Crippen molar-refractivity contribution in [3.8, 4) is 6.07 Å². The van der Waals surface area contributed by atoms with Crippen molar-refractivity contribution >= 4 is 196 Å². The van der Waals surface area contributed by atoms with Gasteiger partial charge in [0.15, 0.2) is 17.5 Å². The maximum Gasteiger partial charge on any atom is 0.490 e. The lowest BCUT2D eigenvalue weighted by atomic mass is 9.70. The molecule has 3 saturated heterocycles. The highest BCUT2D eigenvalue weighted by atomic mass is 79.9. The van der Waals surface area contributed by atoms with Gasteiger partial charge in [-0.3, -0.25) is 73.2 Å². The van der Waals surface area contributed by atoms with Crippen molar-refractivity contribution < 1.29 is 61.2 Å². The predicted octanol–water partition coefficient (Wildman–Crippen LogP) is 18.3. The molecule has 15 heterocycles. The Kier molecular flexibility index (Phi) is 28.8. The lowest BCUT2D eigenvalue weighted by Gasteiger charge is -2.55. The average molecular weight is 2240 g/mol. The Labute approximate surface area is 848 Å². The van der Waals surface area contributed by atoms with Gasteiger partial charge in [-0.2, -0.15) is 5.26 Å². The van der Waals surface area contributed by atoms with Gasteiger partial charge in [-0.25, -0.2) is 27.5 Å². The van der Waals surface area contributed by atoms with E-state index < -0.39 is 85.5 Å². The Morgan fingerprint density at radius 1 is 0.522 bits per heavy atom. The first kappa shape index (κ1) is 103. The summed E-state index contributed by atoms with van der Waals surface area (Å²) < 4.78 is 61.4. The number of aromatic nitrogens is 8. The third-order valence-corrected chi connectivity index (χ3v) is 32.8. The Hall–Kier alpha value is -8.36. The smallest absolute Gasteiger partial charge is 0.423 e. The van der Waals surface area contributed by atoms with Crippen LogP contribution >= 0.6 is 91.3 Å². The van der Waals surface area contributed by atoms with Crippen LogP contribution in [0.2, 0.25) is 5.02 Å². The summed E-state index contributed by atoms with van der Waals surface area (Å²) in [5, 5.41) is 35.7. The number of carbonyl (C=O) groups is 7. The fraction of sp³-hybridized carbons (Fsp3) is 0.545. The van der Waals surface area contributed by atoms with E-state index in [9.17, 15) is 66.4 Å². The van der Waals surface area contributed by atoms with Gasteiger partial charge < -0.3 is 50.2 Å². The minimum atomic E-state index is -2.79. The summed E-state index contributed by atoms with van der Waals surface area (Å²) in [6, 6.07) is 15.3. The van der Waals surface area contributed by atoms with Gasteiger partial charge in [-0.15, -0.1) is 0 Å². The van der Waals surface area contributed by atoms with E-state index in [2.05, 4.69) is 171 Å². The fourth-order valence-electron chi connectivity index (χ4n) is 21.7. The molecule has 0 atom stereocenters. The number of anilines is 7. The predicted molar refractivity (Wildman–Crippen MR) is 540 cm³/mol. The van der Waals surface area contributed by atoms with Crippen LogP contribution in [0.3, 0.4) is 0 Å². The summed E-state index contributed by atoms with van der Waals surface area (Å²) in [5.74, 6) is -3.05. The molecule has 39 heteroatoms. The van der Waals surface area contributed by atoms with Crippen molar-refractivity contribution in [3.63, 3.8) is 0 Å². The number of amides is 6. The molecule has 0 spiro atoms. The van der Waals surface area contributed by atoms with E-state index in [0.717, 1.165) is 146 Å². The number of Topliss-reactive ketones (excluding diaryl/α,β-unsaturated/α-hetero) is 1. The van der Waals surface area contributed by atoms with Crippen LogP contribution in [-0.4, -0.2) is 205 Å². The number of pyridine rings is 6. The summed E-state index contributed by atoms with van der Waals surface area (Å²) in [6.45, 7) is 34.4. The molecule has 7 aromatic heterocycles. The lowest BCUT2D eigenvalue weighted by molar-refractivity contribution is -0.128. The molecule has 13 aliphatic rings. The molecule has 0 unspecified atom stereocenters. The molecule has 5 N–H and O–H groups in total. The number of nitrogens with one attached hydrogen (secondary N) is 3. The topological polar surface area (TPSA) is 338 Å². The SMILES string of the molecule is CC(C)n1cnc2cc(Br)nc(Nc3cc(C(=O)NC4(C(F)F)CC4)c(Cl)c(F)c3F)c21.CC1(C)C(=O)N(C2CC(=O)C2)c2cc(Br)cnc21.CC1(C)C(=O)N(C2CC(C#N)(N3CCCCC3)C2)c2cc(Br)cnc21.CC1(C)C(=O)N(C2CC(C)(N3CCCCC3)C2)c2cc(B(O)O)cnc21.CC1(C)C(=O)N(C2CC(C)(N3CCCCC3)C2)c2cc(Br)cnc21.CC1(C)C(=O)Nc2cc(Br)cnc21. The number of benzene rings is 1. The van der Waals surface area contributed by atoms with E-state index in [4.69, 9.17) is 11.6 Å². The van der Waals surface area contributed by atoms with Crippen LogP contribution in [0.1, 0.15) is 264 Å². The molecule has 0 radical (unpaired) electrons. The number of alkyl halides is 2. The molecule has 5 saturated carbocycles. The van der Waals surface area contributed by atoms with Crippen LogP contribution < -0.4 is 41.0 Å². The number of likely N-dealkylation sites (tertiary alicyclic amines) is 3. The third kappa shape index (κ3) is 19.0. The molecule has 8 aromatic rings. The quantitative estimate of drug-likeness (QED) is 0.0292. The summed E-state index contributed by atoms with van der Waals surface area (Å²) in [6.07, 6.45) is 25.3. The maximum atomic E-state index is 14.7. The van der Waals surface area contributed by atoms with Gasteiger partial charge >= 0.3 is 7.12 Å². The van der Waals surface area contributed by atoms with Gasteiger partial charge in [0.1, 0.15) is 27.0 Å². The summed E-state index contributed by atoms with van der Waals surface area (Å²) in [7, 11) is -1.58. The Balaban J connectivity index is 0.000000122. The van der Waals surface area contributed by atoms with Crippen molar-refractivity contribution in [2.24, 2.45) is 0 Å². The number of imidazole rings is 1. The molecule has 138 heavy (non-hydrogen) atoms. The first-order valence-corrected chi connectivity index (χ1v) is 51.7. The number of rotatable bonds is 14. The van der Waals surface area contributed by atoms with Crippen LogP contribution in [0, 0.1) is 23.0 Å². The average Bonchev–Trinajstić information content (AvgIpc) is 1.57. The normalized spacial score (nSPS) is 25.2. The van der Waals surface area contributed by atoms with Crippen molar-refractivity contribution in [1.29, 1.82) is 5.26 Å². The second-order valence-electron chi connectivity index (χ2n) is 42.3. The molecular formula is C99H116BBr5ClF4N19O9. The van der Waals surface area contributed by atoms with Crippen LogP contribution in [0.15, 0.2) is 102 Å². The van der Waals surface area contributed by atoms with E-state index in [1.165, 1.54) is 77.1 Å². The largest absolute Gasteiger partial charge is 0.490 e. The highest BCUT2D eigenvalue weighted by Crippen LogP contribution is 2.55. The van der Waals surface area contributed by atoms with Crippen molar-refractivity contribution in [2.75, 3.05) is 69.5 Å². The van der Waals surface area contributed by atoms with Gasteiger partial charge in [0.05, 0.1) is 124 Å². The first-order valence-electron chi connectivity index (χ1n) is 47.4. The standard InChI is InChI=1S/C20H17BrClF4N5O.C19H28BN3O3.C19H23BrN4O.C19H26BrN3O.C13H13BrN2O2.C9H9BrN2O/c1-8(2)31-7-27-11-6-12(21)29-17(16(11)31)28-10-5-9(13(22)15(24)14(10)23)18(32)30-20(3-4-20)19(25)26;1-18(2)16-15(9-13(12-21-16)20(25)26)23(17(18)24)14-10-19(3,11-14)22-7-5-4-6-8-22;1-18(2)16-15(8-13(20)11-22-16)24(17(18)25)14-9-19(10-14,12-21)23-6-4-3-5-7-23;1-18(2)16-15(9-13(20)12-21-16)23(17(18)24)14-10-19(3,11-14)22-7-5-4-6-8-22;1-13(2)11-10(3-7(14)6-15-11)16(12(13)18)8-4-9(17)5-8;1-9(2)7-6(12-8(9)13)3-5(10)4-11-7/h5-8,19H,3-4H2,1-2H3,(H,28,29)(H,30,32);9,12,14,25-26H,4-8,10-11H2,1-3H3;8,11,14H,3-7,9-10H2,1-2H3;9,12,14H,4-8,10-11H2,1-3H3;3,6,8H,4-5H2,1-2H3;3-4H,1-2H3,(H,12,13). The van der Waals surface area contributed by atoms with Gasteiger partial charge in [0.2, 0.25) is 29.5 Å². The number of piperidine rings is 3. The zero-order chi connectivity index (χ0) is 99.7. The van der Waals surface area contributed by atoms with Crippen LogP contribution in [-0.2, 0) is 55.8 Å². The van der Waals surface area contributed by atoms with Crippen LogP contribution in [0.4, 0.5) is 57.5 Å². The minimum absolute atomic E-state index is 0.00750. The van der Waals surface area contributed by atoms with Gasteiger partial charge in [0.25, 0.3) is 12.3 Å². The Bertz CT molecular complexity index is 6210. The van der Waals surface area contributed by atoms with Crippen molar-refractivity contribution in [3.05, 3.63) is 153 Å². The number of nitrogens with zero attached hydrogens (tertiary/aromatic N) is 16. The van der Waals surface area contributed by atoms with Crippen molar-refractivity contribution in [2.45, 2.75) is 305 Å². The van der Waals surface area contributed by atoms with Crippen LogP contribution in [0.25, 0.3) is 11.0 Å². The van der Waals surface area contributed by atoms with Gasteiger partial charge in [0, 0.05) is 115 Å². The second-order valence-corrected chi connectivity index (χ2v) is 47.2. The fourth-order valence-corrected chi connectivity index (χ4v) is 23.7. The highest BCUT2D eigenvalue weighted by Gasteiger charge is 2.61. The zero-order valence-corrected chi connectivity index (χ0v) is 88.6. The summed E-state index contributed by atoms with van der Waals surface area (Å²) in [4.78, 5) is 133. The van der Waals surface area contributed by atoms with E-state index in [1.54, 1.807) is 52.7 Å². The highest BCUT2D eigenvalue weighted by molar-refractivity contribution is 9.11. The molecule has 734 valence electrons. The minimum Gasteiger partial charge on any atom is -0.423 e. The first-order chi connectivity index (χ1) is 64.9. The molecule has 28 nitrogen and oxygen atoms in total. The van der Waals surface area contributed by atoms with E-state index in [0.29, 0.717) is 40.0 Å². The van der Waals surface area contributed by atoms with Crippen molar-refractivity contribution in [1.82, 2.24) is 59.5 Å². The van der Waals surface area contributed by atoms with Crippen LogP contribution in [0.5, 0.6) is 0 Å². The molecule has 8 fully saturated rings. The van der Waals surface area contributed by atoms with E-state index in [1.807, 2.05) is 116 Å². The molecule has 21 rings (SSSR count). The Morgan fingerprint density at radius 2 is 0.920 bits per heavy atom. The maximum absolute atomic E-state index is 14.7. The number of carbonyl (C=O) groups excluding carboxylic acids is 7. The zero-order valence-electron chi connectivity index (χ0n) is 79.9. The Morgan fingerprint density at radius 3 is 1.33 bits per heavy atom. The number of fused-ring (bicyclic) bond motifs is 6. The molecular weight excluding hydrogens is 2120 g/mol. The number of hydrogen-bond donors (Lipinski definition) is 5. The van der Waals surface area contributed by atoms with E-state index >= 15 is 0 Å². The number of nitriles is 1. The third-order valence-electron chi connectivity index (χ3n) is 30.3. The van der Waals surface area contributed by atoms with E-state index in [-0.39, 0.29) is 89.2 Å². The molecule has 6 amide bonds. The number of ketones is 1. The molecule has 5 aliphatic carbocycles. The van der Waals surface area contributed by atoms with Gasteiger partial charge in [-0.1, -0.05) is 30.9 Å². The summed E-state index contributed by atoms with van der Waals surface area (Å²) >= 11 is 22.8. The lowest BCUT2D eigenvalue weighted by Crippen LogP contribution is -2.64. The second kappa shape index (κ2) is 38.7. The summed E-state index contributed by atoms with van der Waals surface area (Å²) in [5.41, 5.74) is 4.39. The van der Waals surface area contributed by atoms with Gasteiger partial charge in [-0.05, 0) is 335 Å². The number of hydrogen-bond acceptors (Lipinski definition) is 21. The molecule has 1 aromatic carbocycles. The number of halogens is 10.